The van der Waals surface area contributed by atoms with E-state index in [0.717, 1.165) is 6.42 Å². The normalized spacial score (nSPS) is 11.9. The van der Waals surface area contributed by atoms with E-state index in [4.69, 9.17) is 10.5 Å². The van der Waals surface area contributed by atoms with Gasteiger partial charge in [0.25, 0.3) is 5.56 Å². The number of hydrogen-bond acceptors (Lipinski definition) is 5. The summed E-state index contributed by atoms with van der Waals surface area (Å²) in [5.74, 6) is -3.38. The molecule has 1 atom stereocenters. The fraction of sp³-hybridized carbons (Fsp3) is 0.278. The largest absolute Gasteiger partial charge is 0.478 e. The molecule has 0 spiro atoms. The number of aromatic nitrogens is 1. The molecule has 0 fully saturated rings. The molecule has 0 saturated carbocycles. The maximum atomic E-state index is 12.1. The highest BCUT2D eigenvalue weighted by Gasteiger charge is 2.27. The van der Waals surface area contributed by atoms with Gasteiger partial charge in [0.05, 0.1) is 12.7 Å². The quantitative estimate of drug-likeness (QED) is 0.593. The zero-order chi connectivity index (χ0) is 19.4. The summed E-state index contributed by atoms with van der Waals surface area (Å²) >= 11 is 0. The van der Waals surface area contributed by atoms with E-state index in [0.29, 0.717) is 5.56 Å². The van der Waals surface area contributed by atoms with Gasteiger partial charge in [-0.15, -0.1) is 0 Å². The van der Waals surface area contributed by atoms with Crippen LogP contribution in [-0.4, -0.2) is 33.2 Å². The smallest absolute Gasteiger partial charge is 0.342 e. The lowest BCUT2D eigenvalue weighted by atomic mass is 9.92. The second-order valence-corrected chi connectivity index (χ2v) is 5.79. The molecule has 0 aliphatic rings. The third-order valence-corrected chi connectivity index (χ3v) is 4.06. The number of nitrogens with one attached hydrogen (secondary N) is 1. The number of hydrogen-bond donors (Lipinski definition) is 4. The summed E-state index contributed by atoms with van der Waals surface area (Å²) in [7, 11) is 0. The van der Waals surface area contributed by atoms with Crippen molar-refractivity contribution in [1.29, 1.82) is 0 Å². The molecule has 2 aromatic rings. The first-order valence-corrected chi connectivity index (χ1v) is 8.00. The van der Waals surface area contributed by atoms with Gasteiger partial charge in [0.2, 0.25) is 0 Å². The Morgan fingerprint density at radius 1 is 1.19 bits per heavy atom. The molecule has 1 unspecified atom stereocenters. The van der Waals surface area contributed by atoms with Crippen molar-refractivity contribution in [3.63, 3.8) is 0 Å². The molecule has 5 N–H and O–H groups in total. The number of aromatic amines is 1. The predicted octanol–water partition coefficient (Wildman–Crippen LogP) is 2.34. The number of nitrogen functional groups attached to an aromatic ring is 1. The zero-order valence-corrected chi connectivity index (χ0v) is 14.4. The highest BCUT2D eigenvalue weighted by molar-refractivity contribution is 6.07. The average Bonchev–Trinajstić information content (AvgIpc) is 2.58. The Bertz CT molecular complexity index is 903. The maximum Gasteiger partial charge on any atom is 0.342 e. The van der Waals surface area contributed by atoms with Gasteiger partial charge in [0, 0.05) is 5.56 Å². The second-order valence-electron chi connectivity index (χ2n) is 5.79. The number of carboxylic acid groups (broad SMARTS) is 2. The lowest BCUT2D eigenvalue weighted by Crippen LogP contribution is -2.24. The molecule has 1 aromatic carbocycles. The standard InChI is InChI=1S/C18H20N2O6/c1-3-9(2)26-8-10-6-4-5-7-11(10)12-13(17(22)23)15(19)20-16(21)14(12)18(24)25/h4-7,9H,3,8H2,1-2H3,(H,22,23)(H,24,25)(H3,19,20,21). The molecule has 0 aliphatic heterocycles. The van der Waals surface area contributed by atoms with Crippen molar-refractivity contribution >= 4 is 17.8 Å². The number of carboxylic acids is 2. The van der Waals surface area contributed by atoms with E-state index in [1.807, 2.05) is 13.8 Å². The summed E-state index contributed by atoms with van der Waals surface area (Å²) in [5.41, 5.74) is 4.18. The van der Waals surface area contributed by atoms with Crippen LogP contribution < -0.4 is 11.3 Å². The van der Waals surface area contributed by atoms with Crippen molar-refractivity contribution in [3.05, 3.63) is 51.3 Å². The van der Waals surface area contributed by atoms with Crippen LogP contribution in [0, 0.1) is 0 Å². The molecule has 26 heavy (non-hydrogen) atoms. The van der Waals surface area contributed by atoms with Gasteiger partial charge in [0.15, 0.2) is 0 Å². The van der Waals surface area contributed by atoms with E-state index >= 15 is 0 Å². The van der Waals surface area contributed by atoms with Crippen LogP contribution in [0.1, 0.15) is 46.5 Å². The molecule has 0 aliphatic carbocycles. The Morgan fingerprint density at radius 3 is 2.38 bits per heavy atom. The van der Waals surface area contributed by atoms with Crippen molar-refractivity contribution in [2.45, 2.75) is 33.0 Å². The molecule has 1 aromatic heterocycles. The number of aromatic carboxylic acids is 2. The first-order valence-electron chi connectivity index (χ1n) is 8.00. The Labute approximate surface area is 149 Å². The lowest BCUT2D eigenvalue weighted by Gasteiger charge is -2.17. The van der Waals surface area contributed by atoms with Gasteiger partial charge < -0.3 is 25.7 Å². The molecule has 138 valence electrons. The van der Waals surface area contributed by atoms with Gasteiger partial charge in [-0.1, -0.05) is 31.2 Å². The van der Waals surface area contributed by atoms with Gasteiger partial charge >= 0.3 is 11.9 Å². The Morgan fingerprint density at radius 2 is 1.81 bits per heavy atom. The molecule has 0 radical (unpaired) electrons. The highest BCUT2D eigenvalue weighted by atomic mass is 16.5. The minimum absolute atomic E-state index is 0.0369. The average molecular weight is 360 g/mol. The number of nitrogens with two attached hydrogens (primary N) is 1. The summed E-state index contributed by atoms with van der Waals surface area (Å²) in [6.07, 6.45) is 0.742. The van der Waals surface area contributed by atoms with Crippen molar-refractivity contribution in [3.8, 4) is 11.1 Å². The SMILES string of the molecule is CCC(C)OCc1ccccc1-c1c(C(=O)O)c(N)[nH]c(=O)c1C(=O)O. The van der Waals surface area contributed by atoms with Gasteiger partial charge in [-0.2, -0.15) is 0 Å². The van der Waals surface area contributed by atoms with Crippen molar-refractivity contribution in [2.24, 2.45) is 0 Å². The van der Waals surface area contributed by atoms with Gasteiger partial charge in [-0.05, 0) is 24.5 Å². The topological polar surface area (TPSA) is 143 Å². The summed E-state index contributed by atoms with van der Waals surface area (Å²) in [5, 5.41) is 19.0. The number of H-pyrrole nitrogens is 1. The first-order chi connectivity index (χ1) is 12.3. The molecule has 8 nitrogen and oxygen atoms in total. The van der Waals surface area contributed by atoms with Crippen LogP contribution in [0.25, 0.3) is 11.1 Å². The minimum atomic E-state index is -1.54. The van der Waals surface area contributed by atoms with E-state index < -0.39 is 34.4 Å². The predicted molar refractivity (Wildman–Crippen MR) is 95.4 cm³/mol. The van der Waals surface area contributed by atoms with Crippen LogP contribution in [0.2, 0.25) is 0 Å². The van der Waals surface area contributed by atoms with Gasteiger partial charge in [0.1, 0.15) is 16.9 Å². The summed E-state index contributed by atoms with van der Waals surface area (Å²) in [6.45, 7) is 3.98. The number of benzene rings is 1. The summed E-state index contributed by atoms with van der Waals surface area (Å²) in [4.78, 5) is 37.6. The number of anilines is 1. The molecule has 1 heterocycles. The fourth-order valence-electron chi connectivity index (χ4n) is 2.56. The molecule has 0 amide bonds. The Balaban J connectivity index is 2.78. The third kappa shape index (κ3) is 3.75. The monoisotopic (exact) mass is 360 g/mol. The van der Waals surface area contributed by atoms with Crippen molar-refractivity contribution < 1.29 is 24.5 Å². The van der Waals surface area contributed by atoms with Crippen molar-refractivity contribution in [2.75, 3.05) is 5.73 Å². The van der Waals surface area contributed by atoms with Crippen molar-refractivity contribution in [1.82, 2.24) is 4.98 Å². The van der Waals surface area contributed by atoms with E-state index in [1.54, 1.807) is 24.3 Å². The maximum absolute atomic E-state index is 12.1. The Hall–Kier alpha value is -3.13. The number of ether oxygens (including phenoxy) is 1. The van der Waals surface area contributed by atoms with E-state index in [2.05, 4.69) is 4.98 Å². The molecule has 0 saturated heterocycles. The van der Waals surface area contributed by atoms with E-state index in [9.17, 15) is 24.6 Å². The van der Waals surface area contributed by atoms with Crippen LogP contribution in [-0.2, 0) is 11.3 Å². The molecule has 2 rings (SSSR count). The molecular weight excluding hydrogens is 340 g/mol. The summed E-state index contributed by atoms with van der Waals surface area (Å²) < 4.78 is 5.69. The first kappa shape index (κ1) is 19.2. The van der Waals surface area contributed by atoms with Crippen LogP contribution in [0.5, 0.6) is 0 Å². The number of carbonyl (C=O) groups is 2. The van der Waals surface area contributed by atoms with E-state index in [-0.39, 0.29) is 23.8 Å². The molecule has 8 heteroatoms. The minimum Gasteiger partial charge on any atom is -0.478 e. The lowest BCUT2D eigenvalue weighted by molar-refractivity contribution is 0.0510. The van der Waals surface area contributed by atoms with Crippen LogP contribution in [0.4, 0.5) is 5.82 Å². The van der Waals surface area contributed by atoms with Gasteiger partial charge in [-0.25, -0.2) is 9.59 Å². The highest BCUT2D eigenvalue weighted by Crippen LogP contribution is 2.32. The fourth-order valence-corrected chi connectivity index (χ4v) is 2.56. The summed E-state index contributed by atoms with van der Waals surface area (Å²) in [6, 6.07) is 6.57. The van der Waals surface area contributed by atoms with Gasteiger partial charge in [-0.3, -0.25) is 4.79 Å². The molecular formula is C18H20N2O6. The third-order valence-electron chi connectivity index (χ3n) is 4.06. The Kier molecular flexibility index (Phi) is 5.78. The second kappa shape index (κ2) is 7.83. The number of rotatable bonds is 7. The molecule has 0 bridgehead atoms. The zero-order valence-electron chi connectivity index (χ0n) is 14.4. The van der Waals surface area contributed by atoms with Crippen LogP contribution in [0.15, 0.2) is 29.1 Å². The number of pyridine rings is 1. The van der Waals surface area contributed by atoms with Crippen LogP contribution in [0.3, 0.4) is 0 Å². The van der Waals surface area contributed by atoms with E-state index in [1.165, 1.54) is 0 Å². The van der Waals surface area contributed by atoms with Crippen LogP contribution >= 0.6 is 0 Å².